The monoisotopic (exact) mass is 250 g/mol. The number of hydrogen-bond acceptors (Lipinski definition) is 4. The SMILES string of the molecule is CC(CN1CCOCC1)n1cncc1C1CNC1. The van der Waals surface area contributed by atoms with Gasteiger partial charge in [-0.1, -0.05) is 0 Å². The molecule has 2 aliphatic rings. The number of nitrogens with one attached hydrogen (secondary N) is 1. The van der Waals surface area contributed by atoms with Crippen molar-refractivity contribution in [3.05, 3.63) is 18.2 Å². The van der Waals surface area contributed by atoms with Gasteiger partial charge in [-0.2, -0.15) is 0 Å². The molecule has 2 saturated heterocycles. The molecule has 0 aliphatic carbocycles. The molecule has 5 nitrogen and oxygen atoms in total. The average molecular weight is 250 g/mol. The van der Waals surface area contributed by atoms with Crippen LogP contribution >= 0.6 is 0 Å². The van der Waals surface area contributed by atoms with Crippen LogP contribution in [0.1, 0.15) is 24.6 Å². The summed E-state index contributed by atoms with van der Waals surface area (Å²) in [5.74, 6) is 0.652. The number of hydrogen-bond donors (Lipinski definition) is 1. The van der Waals surface area contributed by atoms with E-state index < -0.39 is 0 Å². The Morgan fingerprint density at radius 2 is 2.22 bits per heavy atom. The number of nitrogens with zero attached hydrogens (tertiary/aromatic N) is 3. The molecular formula is C13H22N4O. The largest absolute Gasteiger partial charge is 0.379 e. The lowest BCUT2D eigenvalue weighted by atomic mass is 9.99. The van der Waals surface area contributed by atoms with Crippen LogP contribution in [0, 0.1) is 0 Å². The number of rotatable bonds is 4. The summed E-state index contributed by atoms with van der Waals surface area (Å²) in [6.45, 7) is 9.41. The van der Waals surface area contributed by atoms with Crippen LogP contribution < -0.4 is 5.32 Å². The van der Waals surface area contributed by atoms with Crippen molar-refractivity contribution in [2.24, 2.45) is 0 Å². The molecular weight excluding hydrogens is 228 g/mol. The van der Waals surface area contributed by atoms with Crippen molar-refractivity contribution >= 4 is 0 Å². The van der Waals surface area contributed by atoms with Crippen LogP contribution in [0.5, 0.6) is 0 Å². The van der Waals surface area contributed by atoms with E-state index in [1.807, 2.05) is 12.5 Å². The highest BCUT2D eigenvalue weighted by Crippen LogP contribution is 2.23. The molecule has 0 saturated carbocycles. The number of morpholine rings is 1. The predicted molar refractivity (Wildman–Crippen MR) is 69.8 cm³/mol. The Morgan fingerprint density at radius 3 is 2.89 bits per heavy atom. The highest BCUT2D eigenvalue weighted by atomic mass is 16.5. The molecule has 0 spiro atoms. The zero-order valence-corrected chi connectivity index (χ0v) is 11.0. The second kappa shape index (κ2) is 5.38. The maximum absolute atomic E-state index is 5.39. The molecule has 0 amide bonds. The molecule has 0 radical (unpaired) electrons. The molecule has 0 aromatic carbocycles. The molecule has 2 aliphatic heterocycles. The molecule has 3 heterocycles. The van der Waals surface area contributed by atoms with Crippen LogP contribution in [0.25, 0.3) is 0 Å². The quantitative estimate of drug-likeness (QED) is 0.843. The van der Waals surface area contributed by atoms with Crippen LogP contribution in [0.2, 0.25) is 0 Å². The Kier molecular flexibility index (Phi) is 3.63. The van der Waals surface area contributed by atoms with Gasteiger partial charge >= 0.3 is 0 Å². The minimum atomic E-state index is 0.487. The fourth-order valence-corrected chi connectivity index (χ4v) is 2.74. The first-order valence-electron chi connectivity index (χ1n) is 6.87. The maximum atomic E-state index is 5.39. The molecule has 100 valence electrons. The van der Waals surface area contributed by atoms with E-state index in [2.05, 4.69) is 26.7 Å². The van der Waals surface area contributed by atoms with Crippen molar-refractivity contribution in [2.75, 3.05) is 45.9 Å². The molecule has 18 heavy (non-hydrogen) atoms. The molecule has 3 rings (SSSR count). The van der Waals surface area contributed by atoms with Crippen molar-refractivity contribution in [1.82, 2.24) is 19.8 Å². The summed E-state index contributed by atoms with van der Waals surface area (Å²) in [6, 6.07) is 0.487. The first kappa shape index (κ1) is 12.1. The lowest BCUT2D eigenvalue weighted by Crippen LogP contribution is -2.42. The predicted octanol–water partition coefficient (Wildman–Crippen LogP) is 0.463. The van der Waals surface area contributed by atoms with Crippen molar-refractivity contribution in [3.8, 4) is 0 Å². The molecule has 1 unspecified atom stereocenters. The van der Waals surface area contributed by atoms with E-state index in [0.717, 1.165) is 45.9 Å². The average Bonchev–Trinajstić information content (AvgIpc) is 2.77. The van der Waals surface area contributed by atoms with E-state index in [0.29, 0.717) is 12.0 Å². The zero-order valence-electron chi connectivity index (χ0n) is 11.0. The summed E-state index contributed by atoms with van der Waals surface area (Å²) in [4.78, 5) is 6.81. The summed E-state index contributed by atoms with van der Waals surface area (Å²) < 4.78 is 7.74. The lowest BCUT2D eigenvalue weighted by Gasteiger charge is -2.32. The van der Waals surface area contributed by atoms with Crippen LogP contribution in [-0.4, -0.2) is 60.4 Å². The molecule has 2 fully saturated rings. The molecule has 1 aromatic heterocycles. The van der Waals surface area contributed by atoms with Crippen LogP contribution in [0.4, 0.5) is 0 Å². The van der Waals surface area contributed by atoms with E-state index in [-0.39, 0.29) is 0 Å². The van der Waals surface area contributed by atoms with E-state index >= 15 is 0 Å². The van der Waals surface area contributed by atoms with Gasteiger partial charge in [0.05, 0.1) is 19.5 Å². The van der Waals surface area contributed by atoms with Crippen molar-refractivity contribution in [3.63, 3.8) is 0 Å². The molecule has 0 bridgehead atoms. The van der Waals surface area contributed by atoms with Gasteiger partial charge in [-0.3, -0.25) is 4.90 Å². The molecule has 1 N–H and O–H groups in total. The Morgan fingerprint density at radius 1 is 1.44 bits per heavy atom. The van der Waals surface area contributed by atoms with Gasteiger partial charge in [0, 0.05) is 56.6 Å². The van der Waals surface area contributed by atoms with Crippen molar-refractivity contribution in [1.29, 1.82) is 0 Å². The van der Waals surface area contributed by atoms with Crippen LogP contribution in [0.3, 0.4) is 0 Å². The smallest absolute Gasteiger partial charge is 0.0951 e. The van der Waals surface area contributed by atoms with E-state index in [4.69, 9.17) is 4.74 Å². The Bertz CT molecular complexity index is 382. The van der Waals surface area contributed by atoms with E-state index in [9.17, 15) is 0 Å². The first-order chi connectivity index (χ1) is 8.84. The van der Waals surface area contributed by atoms with E-state index in [1.165, 1.54) is 5.69 Å². The topological polar surface area (TPSA) is 42.3 Å². The van der Waals surface area contributed by atoms with Gasteiger partial charge in [-0.15, -0.1) is 0 Å². The second-order valence-electron chi connectivity index (χ2n) is 5.34. The summed E-state index contributed by atoms with van der Waals surface area (Å²) in [5.41, 5.74) is 1.38. The Hall–Kier alpha value is -0.910. The molecule has 1 aromatic rings. The summed E-state index contributed by atoms with van der Waals surface area (Å²) in [5, 5.41) is 3.33. The minimum Gasteiger partial charge on any atom is -0.379 e. The van der Waals surface area contributed by atoms with Gasteiger partial charge in [-0.25, -0.2) is 4.98 Å². The summed E-state index contributed by atoms with van der Waals surface area (Å²) in [7, 11) is 0. The zero-order chi connectivity index (χ0) is 12.4. The number of ether oxygens (including phenoxy) is 1. The standard InChI is InChI=1S/C13H22N4O/c1-11(9-16-2-4-18-5-3-16)17-10-15-8-13(17)12-6-14-7-12/h8,10-12,14H,2-7,9H2,1H3. The molecule has 1 atom stereocenters. The third-order valence-corrected chi connectivity index (χ3v) is 4.00. The third-order valence-electron chi connectivity index (χ3n) is 4.00. The van der Waals surface area contributed by atoms with Gasteiger partial charge in [0.1, 0.15) is 0 Å². The van der Waals surface area contributed by atoms with Crippen LogP contribution in [-0.2, 0) is 4.74 Å². The lowest BCUT2D eigenvalue weighted by molar-refractivity contribution is 0.0323. The second-order valence-corrected chi connectivity index (χ2v) is 5.34. The first-order valence-corrected chi connectivity index (χ1v) is 6.87. The number of imidazole rings is 1. The molecule has 5 heteroatoms. The minimum absolute atomic E-state index is 0.487. The maximum Gasteiger partial charge on any atom is 0.0951 e. The van der Waals surface area contributed by atoms with Crippen molar-refractivity contribution < 1.29 is 4.74 Å². The van der Waals surface area contributed by atoms with Gasteiger partial charge < -0.3 is 14.6 Å². The fourth-order valence-electron chi connectivity index (χ4n) is 2.74. The van der Waals surface area contributed by atoms with Crippen LogP contribution in [0.15, 0.2) is 12.5 Å². The Labute approximate surface area is 108 Å². The van der Waals surface area contributed by atoms with Gasteiger partial charge in [0.25, 0.3) is 0 Å². The summed E-state index contributed by atoms with van der Waals surface area (Å²) >= 11 is 0. The van der Waals surface area contributed by atoms with Gasteiger partial charge in [-0.05, 0) is 6.92 Å². The van der Waals surface area contributed by atoms with Gasteiger partial charge in [0.15, 0.2) is 0 Å². The highest BCUT2D eigenvalue weighted by Gasteiger charge is 2.24. The number of aromatic nitrogens is 2. The normalized spacial score (nSPS) is 23.8. The highest BCUT2D eigenvalue weighted by molar-refractivity contribution is 5.12. The third kappa shape index (κ3) is 2.43. The fraction of sp³-hybridized carbons (Fsp3) is 0.769. The van der Waals surface area contributed by atoms with Gasteiger partial charge in [0.2, 0.25) is 0 Å². The Balaban J connectivity index is 1.63. The van der Waals surface area contributed by atoms with E-state index in [1.54, 1.807) is 0 Å². The summed E-state index contributed by atoms with van der Waals surface area (Å²) in [6.07, 6.45) is 4.01. The van der Waals surface area contributed by atoms with Crippen molar-refractivity contribution in [2.45, 2.75) is 18.9 Å².